The van der Waals surface area contributed by atoms with Gasteiger partial charge in [0.2, 0.25) is 5.91 Å². The van der Waals surface area contributed by atoms with Gasteiger partial charge in [0.15, 0.2) is 0 Å². The van der Waals surface area contributed by atoms with Crippen molar-refractivity contribution in [2.45, 2.75) is 25.3 Å². The summed E-state index contributed by atoms with van der Waals surface area (Å²) >= 11 is 5.97. The Balaban J connectivity index is 2.05. The number of carbonyl (C=O) groups is 1. The van der Waals surface area contributed by atoms with Crippen molar-refractivity contribution in [3.63, 3.8) is 0 Å². The second-order valence-electron chi connectivity index (χ2n) is 5.40. The number of nitrogens with zero attached hydrogens (tertiary/aromatic N) is 1. The Morgan fingerprint density at radius 2 is 1.95 bits per heavy atom. The monoisotopic (exact) mass is 310 g/mol. The topological polar surface area (TPSA) is 41.6 Å². The van der Waals surface area contributed by atoms with Gasteiger partial charge in [-0.25, -0.2) is 0 Å². The molecular weight excluding hydrogens is 288 g/mol. The number of amides is 1. The van der Waals surface area contributed by atoms with E-state index in [4.69, 9.17) is 16.3 Å². The summed E-state index contributed by atoms with van der Waals surface area (Å²) < 4.78 is 4.86. The lowest BCUT2D eigenvalue weighted by Gasteiger charge is -2.35. The highest BCUT2D eigenvalue weighted by Crippen LogP contribution is 2.25. The minimum absolute atomic E-state index is 0.0755. The summed E-state index contributed by atoms with van der Waals surface area (Å²) in [6, 6.07) is 8.10. The lowest BCUT2D eigenvalue weighted by Crippen LogP contribution is -2.41. The Morgan fingerprint density at radius 3 is 2.57 bits per heavy atom. The molecule has 4 nitrogen and oxygen atoms in total. The van der Waals surface area contributed by atoms with Gasteiger partial charge in [0.1, 0.15) is 6.61 Å². The van der Waals surface area contributed by atoms with E-state index in [0.29, 0.717) is 6.54 Å². The first-order valence-corrected chi connectivity index (χ1v) is 7.83. The average Bonchev–Trinajstić information content (AvgIpc) is 2.50. The number of piperidine rings is 1. The minimum atomic E-state index is -0.0755. The first-order valence-electron chi connectivity index (χ1n) is 7.46. The molecule has 1 heterocycles. The molecule has 0 aliphatic carbocycles. The number of halogens is 1. The van der Waals surface area contributed by atoms with Crippen molar-refractivity contribution < 1.29 is 9.53 Å². The van der Waals surface area contributed by atoms with Crippen molar-refractivity contribution >= 4 is 17.5 Å². The largest absolute Gasteiger partial charge is 0.375 e. The lowest BCUT2D eigenvalue weighted by molar-refractivity contribution is -0.125. The summed E-state index contributed by atoms with van der Waals surface area (Å²) in [6.45, 7) is 2.86. The molecule has 5 heteroatoms. The molecule has 1 amide bonds. The Labute approximate surface area is 131 Å². The van der Waals surface area contributed by atoms with E-state index in [9.17, 15) is 4.79 Å². The van der Waals surface area contributed by atoms with Gasteiger partial charge in [0.25, 0.3) is 0 Å². The van der Waals surface area contributed by atoms with Crippen LogP contribution in [0.5, 0.6) is 0 Å². The predicted molar refractivity (Wildman–Crippen MR) is 84.5 cm³/mol. The summed E-state index contributed by atoms with van der Waals surface area (Å²) in [4.78, 5) is 14.1. The molecule has 1 N–H and O–H groups in total. The Hall–Kier alpha value is -1.10. The van der Waals surface area contributed by atoms with Gasteiger partial charge in [-0.2, -0.15) is 0 Å². The van der Waals surface area contributed by atoms with Crippen LogP contribution in [0.15, 0.2) is 24.3 Å². The summed E-state index contributed by atoms with van der Waals surface area (Å²) in [7, 11) is 1.53. The van der Waals surface area contributed by atoms with E-state index in [0.717, 1.165) is 18.1 Å². The smallest absolute Gasteiger partial charge is 0.246 e. The normalized spacial score (nSPS) is 17.4. The fourth-order valence-electron chi connectivity index (χ4n) is 2.77. The predicted octanol–water partition coefficient (Wildman–Crippen LogP) is 2.63. The first-order chi connectivity index (χ1) is 10.2. The fourth-order valence-corrected chi connectivity index (χ4v) is 2.89. The van der Waals surface area contributed by atoms with Crippen LogP contribution >= 0.6 is 11.6 Å². The van der Waals surface area contributed by atoms with Crippen molar-refractivity contribution in [2.75, 3.05) is 33.4 Å². The SMILES string of the molecule is COCC(=O)NC[C@H](c1ccc(Cl)cc1)N1CCCCC1. The molecular formula is C16H23ClN2O2. The number of hydrogen-bond donors (Lipinski definition) is 1. The van der Waals surface area contributed by atoms with Gasteiger partial charge in [0.05, 0.1) is 6.04 Å². The molecule has 21 heavy (non-hydrogen) atoms. The fraction of sp³-hybridized carbons (Fsp3) is 0.562. The number of methoxy groups -OCH3 is 1. The number of carbonyl (C=O) groups excluding carboxylic acids is 1. The van der Waals surface area contributed by atoms with Crippen LogP contribution < -0.4 is 5.32 Å². The zero-order chi connectivity index (χ0) is 15.1. The van der Waals surface area contributed by atoms with Gasteiger partial charge in [0, 0.05) is 18.7 Å². The van der Waals surface area contributed by atoms with Gasteiger partial charge in [-0.3, -0.25) is 9.69 Å². The third-order valence-corrected chi connectivity index (χ3v) is 4.11. The maximum atomic E-state index is 11.6. The number of hydrogen-bond acceptors (Lipinski definition) is 3. The number of nitrogens with one attached hydrogen (secondary N) is 1. The van der Waals surface area contributed by atoms with Gasteiger partial charge >= 0.3 is 0 Å². The molecule has 0 aromatic heterocycles. The molecule has 0 radical (unpaired) electrons. The zero-order valence-electron chi connectivity index (χ0n) is 12.5. The van der Waals surface area contributed by atoms with E-state index in [2.05, 4.69) is 10.2 Å². The van der Waals surface area contributed by atoms with Crippen LogP contribution in [0.4, 0.5) is 0 Å². The zero-order valence-corrected chi connectivity index (χ0v) is 13.2. The lowest BCUT2D eigenvalue weighted by atomic mass is 10.0. The van der Waals surface area contributed by atoms with Crippen LogP contribution in [0, 0.1) is 0 Å². The van der Waals surface area contributed by atoms with E-state index in [1.165, 1.54) is 31.9 Å². The molecule has 1 aromatic rings. The van der Waals surface area contributed by atoms with Gasteiger partial charge < -0.3 is 10.1 Å². The van der Waals surface area contributed by atoms with E-state index >= 15 is 0 Å². The van der Waals surface area contributed by atoms with E-state index in [1.807, 2.05) is 24.3 Å². The number of rotatable bonds is 6. The summed E-state index contributed by atoms with van der Waals surface area (Å²) in [6.07, 6.45) is 3.73. The van der Waals surface area contributed by atoms with E-state index in [1.54, 1.807) is 0 Å². The maximum absolute atomic E-state index is 11.6. The minimum Gasteiger partial charge on any atom is -0.375 e. The second kappa shape index (κ2) is 8.37. The standard InChI is InChI=1S/C16H23ClN2O2/c1-21-12-16(20)18-11-15(19-9-3-2-4-10-19)13-5-7-14(17)8-6-13/h5-8,15H,2-4,9-12H2,1H3,(H,18,20)/t15-/m1/s1. The Bertz CT molecular complexity index is 444. The third-order valence-electron chi connectivity index (χ3n) is 3.85. The third kappa shape index (κ3) is 4.99. The van der Waals surface area contributed by atoms with Crippen molar-refractivity contribution in [2.24, 2.45) is 0 Å². The van der Waals surface area contributed by atoms with Crippen molar-refractivity contribution in [1.29, 1.82) is 0 Å². The summed E-state index contributed by atoms with van der Waals surface area (Å²) in [5.74, 6) is -0.0755. The molecule has 1 aliphatic heterocycles. The van der Waals surface area contributed by atoms with Crippen LogP contribution in [-0.2, 0) is 9.53 Å². The maximum Gasteiger partial charge on any atom is 0.246 e. The highest BCUT2D eigenvalue weighted by molar-refractivity contribution is 6.30. The first kappa shape index (κ1) is 16.3. The molecule has 1 aromatic carbocycles. The molecule has 1 fully saturated rings. The molecule has 0 saturated carbocycles. The molecule has 1 aliphatic rings. The number of ether oxygens (including phenoxy) is 1. The highest BCUT2D eigenvalue weighted by atomic mass is 35.5. The number of likely N-dealkylation sites (tertiary alicyclic amines) is 1. The summed E-state index contributed by atoms with van der Waals surface area (Å²) in [5, 5.41) is 3.69. The second-order valence-corrected chi connectivity index (χ2v) is 5.84. The van der Waals surface area contributed by atoms with Gasteiger partial charge in [-0.15, -0.1) is 0 Å². The molecule has 1 saturated heterocycles. The summed E-state index contributed by atoms with van der Waals surface area (Å²) in [5.41, 5.74) is 1.19. The molecule has 116 valence electrons. The van der Waals surface area contributed by atoms with E-state index < -0.39 is 0 Å². The van der Waals surface area contributed by atoms with Crippen LogP contribution in [0.3, 0.4) is 0 Å². The molecule has 2 rings (SSSR count). The van der Waals surface area contributed by atoms with Gasteiger partial charge in [-0.1, -0.05) is 30.2 Å². The quantitative estimate of drug-likeness (QED) is 0.878. The average molecular weight is 311 g/mol. The highest BCUT2D eigenvalue weighted by Gasteiger charge is 2.22. The van der Waals surface area contributed by atoms with Crippen LogP contribution in [0.2, 0.25) is 5.02 Å². The molecule has 0 spiro atoms. The van der Waals surface area contributed by atoms with E-state index in [-0.39, 0.29) is 18.6 Å². The molecule has 0 unspecified atom stereocenters. The Kier molecular flexibility index (Phi) is 6.49. The van der Waals surface area contributed by atoms with Crippen LogP contribution in [-0.4, -0.2) is 44.2 Å². The number of benzene rings is 1. The molecule has 1 atom stereocenters. The van der Waals surface area contributed by atoms with Gasteiger partial charge in [-0.05, 0) is 43.6 Å². The van der Waals surface area contributed by atoms with Crippen molar-refractivity contribution in [3.8, 4) is 0 Å². The Morgan fingerprint density at radius 1 is 1.29 bits per heavy atom. The van der Waals surface area contributed by atoms with Crippen molar-refractivity contribution in [3.05, 3.63) is 34.9 Å². The van der Waals surface area contributed by atoms with Crippen LogP contribution in [0.1, 0.15) is 30.9 Å². The van der Waals surface area contributed by atoms with Crippen LogP contribution in [0.25, 0.3) is 0 Å². The molecule has 0 bridgehead atoms. The van der Waals surface area contributed by atoms with Crippen molar-refractivity contribution in [1.82, 2.24) is 10.2 Å².